The third kappa shape index (κ3) is 3.93. The van der Waals surface area contributed by atoms with Gasteiger partial charge < -0.3 is 4.74 Å². The Morgan fingerprint density at radius 2 is 2.20 bits per heavy atom. The van der Waals surface area contributed by atoms with Gasteiger partial charge in [0.15, 0.2) is 4.47 Å². The molecule has 0 bridgehead atoms. The van der Waals surface area contributed by atoms with Crippen LogP contribution in [-0.4, -0.2) is 18.3 Å². The van der Waals surface area contributed by atoms with Crippen molar-refractivity contribution in [3.8, 4) is 17.0 Å². The van der Waals surface area contributed by atoms with E-state index in [1.165, 1.54) is 16.2 Å². The minimum atomic E-state index is -0.495. The maximum atomic E-state index is 12.2. The fourth-order valence-electron chi connectivity index (χ4n) is 1.95. The standard InChI is InChI=1S/C15H17ClFNOS/c1-10(2)8-13-14(18-15(16)20-13)11-4-3-5-12(9-11)19-7-6-17/h3-5,9-10H,6-8H2,1-2H3. The summed E-state index contributed by atoms with van der Waals surface area (Å²) in [6.07, 6.45) is 0.940. The second-order valence-electron chi connectivity index (χ2n) is 4.90. The molecule has 0 aliphatic carbocycles. The van der Waals surface area contributed by atoms with E-state index in [0.29, 0.717) is 16.1 Å². The number of halogens is 2. The van der Waals surface area contributed by atoms with Gasteiger partial charge in [0, 0.05) is 10.4 Å². The van der Waals surface area contributed by atoms with E-state index in [-0.39, 0.29) is 6.61 Å². The zero-order valence-electron chi connectivity index (χ0n) is 11.5. The number of hydrogen-bond donors (Lipinski definition) is 0. The lowest BCUT2D eigenvalue weighted by molar-refractivity contribution is 0.273. The number of alkyl halides is 1. The second kappa shape index (κ2) is 7.04. The lowest BCUT2D eigenvalue weighted by Crippen LogP contribution is -1.99. The molecular weight excluding hydrogens is 297 g/mol. The quantitative estimate of drug-likeness (QED) is 0.748. The minimum Gasteiger partial charge on any atom is -0.491 e. The number of hydrogen-bond acceptors (Lipinski definition) is 3. The fourth-order valence-corrected chi connectivity index (χ4v) is 3.33. The van der Waals surface area contributed by atoms with Crippen LogP contribution in [0.3, 0.4) is 0 Å². The van der Waals surface area contributed by atoms with Gasteiger partial charge in [0.25, 0.3) is 0 Å². The minimum absolute atomic E-state index is 0.0696. The molecule has 20 heavy (non-hydrogen) atoms. The van der Waals surface area contributed by atoms with Crippen molar-refractivity contribution >= 4 is 22.9 Å². The molecule has 0 unspecified atom stereocenters. The number of rotatable bonds is 6. The summed E-state index contributed by atoms with van der Waals surface area (Å²) in [6.45, 7) is 3.90. The lowest BCUT2D eigenvalue weighted by atomic mass is 10.0. The molecule has 0 aliphatic heterocycles. The normalized spacial score (nSPS) is 11.1. The Hall–Kier alpha value is -1.13. The summed E-state index contributed by atoms with van der Waals surface area (Å²) in [4.78, 5) is 5.58. The van der Waals surface area contributed by atoms with Gasteiger partial charge in [-0.1, -0.05) is 37.6 Å². The van der Waals surface area contributed by atoms with Crippen LogP contribution in [0.15, 0.2) is 24.3 Å². The van der Waals surface area contributed by atoms with Crippen LogP contribution in [0.25, 0.3) is 11.3 Å². The third-order valence-corrected chi connectivity index (χ3v) is 3.90. The summed E-state index contributed by atoms with van der Waals surface area (Å²) in [5.74, 6) is 1.19. The average Bonchev–Trinajstić information content (AvgIpc) is 2.76. The van der Waals surface area contributed by atoms with E-state index in [4.69, 9.17) is 16.3 Å². The first-order chi connectivity index (χ1) is 9.60. The van der Waals surface area contributed by atoms with Gasteiger partial charge in [-0.15, -0.1) is 11.3 Å². The molecule has 0 aliphatic rings. The van der Waals surface area contributed by atoms with Crippen molar-refractivity contribution in [2.75, 3.05) is 13.3 Å². The van der Waals surface area contributed by atoms with Crippen molar-refractivity contribution in [2.45, 2.75) is 20.3 Å². The van der Waals surface area contributed by atoms with Crippen LogP contribution in [0.2, 0.25) is 4.47 Å². The van der Waals surface area contributed by atoms with Gasteiger partial charge in [-0.25, -0.2) is 9.37 Å². The molecule has 0 saturated carbocycles. The van der Waals surface area contributed by atoms with Crippen LogP contribution in [0.4, 0.5) is 4.39 Å². The Kier molecular flexibility index (Phi) is 5.38. The van der Waals surface area contributed by atoms with Gasteiger partial charge in [-0.05, 0) is 24.5 Å². The van der Waals surface area contributed by atoms with Gasteiger partial charge >= 0.3 is 0 Å². The summed E-state index contributed by atoms with van der Waals surface area (Å²) >= 11 is 7.56. The van der Waals surface area contributed by atoms with E-state index in [2.05, 4.69) is 18.8 Å². The third-order valence-electron chi connectivity index (χ3n) is 2.72. The topological polar surface area (TPSA) is 22.1 Å². The first kappa shape index (κ1) is 15.3. The molecule has 0 saturated heterocycles. The van der Waals surface area contributed by atoms with E-state index >= 15 is 0 Å². The van der Waals surface area contributed by atoms with Gasteiger partial charge in [-0.2, -0.15) is 0 Å². The summed E-state index contributed by atoms with van der Waals surface area (Å²) in [6, 6.07) is 7.55. The predicted octanol–water partition coefficient (Wildman–Crippen LogP) is 5.01. The molecule has 0 fully saturated rings. The van der Waals surface area contributed by atoms with Crippen molar-refractivity contribution in [3.05, 3.63) is 33.6 Å². The Morgan fingerprint density at radius 1 is 1.40 bits per heavy atom. The lowest BCUT2D eigenvalue weighted by Gasteiger charge is -2.07. The van der Waals surface area contributed by atoms with E-state index in [0.717, 1.165) is 17.7 Å². The van der Waals surface area contributed by atoms with E-state index < -0.39 is 6.67 Å². The van der Waals surface area contributed by atoms with Crippen molar-refractivity contribution in [1.29, 1.82) is 0 Å². The van der Waals surface area contributed by atoms with E-state index in [1.807, 2.05) is 24.3 Å². The monoisotopic (exact) mass is 313 g/mol. The molecule has 1 aromatic carbocycles. The molecule has 1 aromatic heterocycles. The maximum absolute atomic E-state index is 12.2. The molecule has 0 amide bonds. The molecule has 0 atom stereocenters. The molecule has 108 valence electrons. The molecule has 2 aromatic rings. The summed E-state index contributed by atoms with van der Waals surface area (Å²) < 4.78 is 18.0. The predicted molar refractivity (Wildman–Crippen MR) is 82.6 cm³/mol. The van der Waals surface area contributed by atoms with Crippen LogP contribution >= 0.6 is 22.9 Å². The number of ether oxygens (including phenoxy) is 1. The van der Waals surface area contributed by atoms with Gasteiger partial charge in [-0.3, -0.25) is 0 Å². The molecular formula is C15H17ClFNOS. The average molecular weight is 314 g/mol. The van der Waals surface area contributed by atoms with Crippen molar-refractivity contribution in [1.82, 2.24) is 4.98 Å². The van der Waals surface area contributed by atoms with Crippen molar-refractivity contribution < 1.29 is 9.13 Å². The molecule has 0 radical (unpaired) electrons. The molecule has 0 N–H and O–H groups in total. The maximum Gasteiger partial charge on any atom is 0.184 e. The van der Waals surface area contributed by atoms with Crippen LogP contribution in [0, 0.1) is 5.92 Å². The molecule has 2 rings (SSSR count). The highest BCUT2D eigenvalue weighted by atomic mass is 35.5. The SMILES string of the molecule is CC(C)Cc1sc(Cl)nc1-c1cccc(OCCF)c1. The number of thiazole rings is 1. The number of nitrogens with zero attached hydrogens (tertiary/aromatic N) is 1. The first-order valence-electron chi connectivity index (χ1n) is 6.54. The molecule has 5 heteroatoms. The number of benzene rings is 1. The van der Waals surface area contributed by atoms with Crippen LogP contribution < -0.4 is 4.74 Å². The summed E-state index contributed by atoms with van der Waals surface area (Å²) in [5.41, 5.74) is 1.86. The first-order valence-corrected chi connectivity index (χ1v) is 7.74. The highest BCUT2D eigenvalue weighted by molar-refractivity contribution is 7.16. The van der Waals surface area contributed by atoms with Crippen LogP contribution in [-0.2, 0) is 6.42 Å². The van der Waals surface area contributed by atoms with Crippen molar-refractivity contribution in [3.63, 3.8) is 0 Å². The van der Waals surface area contributed by atoms with Gasteiger partial charge in [0.2, 0.25) is 0 Å². The Balaban J connectivity index is 2.30. The Morgan fingerprint density at radius 3 is 2.90 bits per heavy atom. The van der Waals surface area contributed by atoms with Gasteiger partial charge in [0.1, 0.15) is 19.0 Å². The molecule has 2 nitrogen and oxygen atoms in total. The zero-order valence-corrected chi connectivity index (χ0v) is 13.1. The van der Waals surface area contributed by atoms with E-state index in [9.17, 15) is 4.39 Å². The largest absolute Gasteiger partial charge is 0.491 e. The second-order valence-corrected chi connectivity index (χ2v) is 6.57. The smallest absolute Gasteiger partial charge is 0.184 e. The Bertz CT molecular complexity index is 571. The van der Waals surface area contributed by atoms with Crippen LogP contribution in [0.1, 0.15) is 18.7 Å². The molecule has 0 spiro atoms. The number of aromatic nitrogens is 1. The van der Waals surface area contributed by atoms with Gasteiger partial charge in [0.05, 0.1) is 5.69 Å². The summed E-state index contributed by atoms with van der Waals surface area (Å²) in [7, 11) is 0. The van der Waals surface area contributed by atoms with Crippen molar-refractivity contribution in [2.24, 2.45) is 5.92 Å². The highest BCUT2D eigenvalue weighted by Gasteiger charge is 2.14. The van der Waals surface area contributed by atoms with E-state index in [1.54, 1.807) is 0 Å². The summed E-state index contributed by atoms with van der Waals surface area (Å²) in [5, 5.41) is 0. The molecule has 1 heterocycles. The Labute approximate surface area is 127 Å². The van der Waals surface area contributed by atoms with Crippen LogP contribution in [0.5, 0.6) is 5.75 Å². The highest BCUT2D eigenvalue weighted by Crippen LogP contribution is 2.34. The fraction of sp³-hybridized carbons (Fsp3) is 0.400. The zero-order chi connectivity index (χ0) is 14.5.